The summed E-state index contributed by atoms with van der Waals surface area (Å²) < 4.78 is 29.9. The number of rotatable bonds is 4. The van der Waals surface area contributed by atoms with Gasteiger partial charge in [-0.2, -0.15) is 5.06 Å². The fourth-order valence-corrected chi connectivity index (χ4v) is 4.94. The highest BCUT2D eigenvalue weighted by molar-refractivity contribution is 5.89. The van der Waals surface area contributed by atoms with E-state index in [4.69, 9.17) is 28.5 Å². The summed E-state index contributed by atoms with van der Waals surface area (Å²) in [5.74, 6) is -1.65. The third-order valence-corrected chi connectivity index (χ3v) is 6.10. The van der Waals surface area contributed by atoms with Crippen LogP contribution in [0, 0.1) is 0 Å². The number of carbonyl (C=O) groups excluding carboxylic acids is 1. The minimum atomic E-state index is -0.660. The minimum Gasteiger partial charge on any atom is -0.459 e. The highest BCUT2D eigenvalue weighted by atomic mass is 16.8. The van der Waals surface area contributed by atoms with Crippen molar-refractivity contribution in [1.82, 2.24) is 5.06 Å². The Labute approximate surface area is 176 Å². The monoisotopic (exact) mass is 419 g/mol. The van der Waals surface area contributed by atoms with Gasteiger partial charge in [0.1, 0.15) is 31.0 Å². The van der Waals surface area contributed by atoms with E-state index in [1.807, 2.05) is 51.0 Å². The van der Waals surface area contributed by atoms with Gasteiger partial charge in [0.2, 0.25) is 0 Å². The fraction of sp³-hybridized carbons (Fsp3) is 0.682. The van der Waals surface area contributed by atoms with Gasteiger partial charge in [-0.25, -0.2) is 4.79 Å². The summed E-state index contributed by atoms with van der Waals surface area (Å²) >= 11 is 0. The van der Waals surface area contributed by atoms with E-state index in [0.29, 0.717) is 18.6 Å². The van der Waals surface area contributed by atoms with E-state index >= 15 is 0 Å². The van der Waals surface area contributed by atoms with Crippen molar-refractivity contribution in [3.8, 4) is 0 Å². The first-order chi connectivity index (χ1) is 14.2. The molecule has 0 bridgehead atoms. The van der Waals surface area contributed by atoms with Crippen molar-refractivity contribution in [2.45, 2.75) is 82.2 Å². The van der Waals surface area contributed by atoms with Gasteiger partial charge in [0.15, 0.2) is 11.6 Å². The number of benzene rings is 1. The Kier molecular flexibility index (Phi) is 4.92. The predicted molar refractivity (Wildman–Crippen MR) is 104 cm³/mol. The Morgan fingerprint density at radius 3 is 2.50 bits per heavy atom. The molecule has 4 aliphatic heterocycles. The lowest BCUT2D eigenvalue weighted by Gasteiger charge is -2.32. The maximum Gasteiger partial charge on any atom is 0.338 e. The lowest BCUT2D eigenvalue weighted by atomic mass is 10.0. The zero-order valence-electron chi connectivity index (χ0n) is 17.8. The van der Waals surface area contributed by atoms with Gasteiger partial charge < -0.3 is 23.7 Å². The van der Waals surface area contributed by atoms with Gasteiger partial charge in [-0.05, 0) is 46.2 Å². The number of hydroxylamine groups is 2. The number of carbonyl (C=O) groups is 1. The van der Waals surface area contributed by atoms with Gasteiger partial charge in [-0.1, -0.05) is 18.2 Å². The molecule has 30 heavy (non-hydrogen) atoms. The molecule has 0 amide bonds. The van der Waals surface area contributed by atoms with Crippen molar-refractivity contribution in [3.63, 3.8) is 0 Å². The van der Waals surface area contributed by atoms with Crippen molar-refractivity contribution in [1.29, 1.82) is 0 Å². The number of fused-ring (bicyclic) bond motifs is 3. The van der Waals surface area contributed by atoms with Gasteiger partial charge in [0.25, 0.3) is 0 Å². The zero-order valence-corrected chi connectivity index (χ0v) is 17.8. The molecule has 4 saturated heterocycles. The molecule has 0 radical (unpaired) electrons. The SMILES string of the molecule is CC1(C)O[C@@H]2[C@H](O1)[C@@H]([C@H]1COC(C)(C)O1)N1O[C@H](COC(=O)c3ccccc3)C[C@@H]21. The van der Waals surface area contributed by atoms with E-state index in [0.717, 1.165) is 0 Å². The molecule has 0 saturated carbocycles. The Morgan fingerprint density at radius 1 is 1.07 bits per heavy atom. The average Bonchev–Trinajstić information content (AvgIpc) is 3.40. The van der Waals surface area contributed by atoms with E-state index in [1.54, 1.807) is 12.1 Å². The van der Waals surface area contributed by atoms with Crippen LogP contribution in [0.1, 0.15) is 44.5 Å². The number of hydrogen-bond donors (Lipinski definition) is 0. The number of esters is 1. The summed E-state index contributed by atoms with van der Waals surface area (Å²) in [5.41, 5.74) is 0.530. The van der Waals surface area contributed by atoms with Crippen molar-refractivity contribution in [2.75, 3.05) is 13.2 Å². The maximum absolute atomic E-state index is 12.3. The van der Waals surface area contributed by atoms with Crippen LogP contribution in [0.15, 0.2) is 30.3 Å². The van der Waals surface area contributed by atoms with Crippen LogP contribution in [-0.4, -0.2) is 72.3 Å². The molecule has 0 unspecified atom stereocenters. The molecule has 0 spiro atoms. The lowest BCUT2D eigenvalue weighted by molar-refractivity contribution is -0.245. The second-order valence-corrected chi connectivity index (χ2v) is 9.28. The van der Waals surface area contributed by atoms with Gasteiger partial charge in [0, 0.05) is 0 Å². The molecule has 8 nitrogen and oxygen atoms in total. The zero-order chi connectivity index (χ0) is 21.1. The Balaban J connectivity index is 1.28. The third-order valence-electron chi connectivity index (χ3n) is 6.10. The highest BCUT2D eigenvalue weighted by Crippen LogP contribution is 2.47. The van der Waals surface area contributed by atoms with Crippen molar-refractivity contribution >= 4 is 5.97 Å². The second kappa shape index (κ2) is 7.25. The molecule has 0 aliphatic carbocycles. The van der Waals surface area contributed by atoms with Gasteiger partial charge in [-0.15, -0.1) is 0 Å². The topological polar surface area (TPSA) is 75.7 Å². The molecule has 6 atom stereocenters. The predicted octanol–water partition coefficient (Wildman–Crippen LogP) is 2.27. The Hall–Kier alpha value is -1.55. The van der Waals surface area contributed by atoms with Crippen molar-refractivity contribution < 1.29 is 33.3 Å². The summed E-state index contributed by atoms with van der Waals surface area (Å²) in [6.45, 7) is 8.32. The molecule has 8 heteroatoms. The van der Waals surface area contributed by atoms with E-state index in [2.05, 4.69) is 0 Å². The normalized spacial score (nSPS) is 39.1. The first-order valence-electron chi connectivity index (χ1n) is 10.6. The second-order valence-electron chi connectivity index (χ2n) is 9.28. The van der Waals surface area contributed by atoms with E-state index in [-0.39, 0.29) is 49.1 Å². The Morgan fingerprint density at radius 2 is 1.80 bits per heavy atom. The summed E-state index contributed by atoms with van der Waals surface area (Å²) in [6, 6.07) is 8.82. The smallest absolute Gasteiger partial charge is 0.338 e. The van der Waals surface area contributed by atoms with Crippen LogP contribution in [0.25, 0.3) is 0 Å². The molecule has 164 valence electrons. The molecule has 0 N–H and O–H groups in total. The van der Waals surface area contributed by atoms with Crippen LogP contribution in [0.2, 0.25) is 0 Å². The molecular formula is C22H29NO7. The number of nitrogens with zero attached hydrogens (tertiary/aromatic N) is 1. The van der Waals surface area contributed by atoms with Crippen LogP contribution in [-0.2, 0) is 28.5 Å². The highest BCUT2D eigenvalue weighted by Gasteiger charge is 2.64. The van der Waals surface area contributed by atoms with Crippen LogP contribution in [0.3, 0.4) is 0 Å². The molecule has 4 heterocycles. The van der Waals surface area contributed by atoms with Crippen LogP contribution in [0.4, 0.5) is 0 Å². The lowest BCUT2D eigenvalue weighted by Crippen LogP contribution is -2.48. The quantitative estimate of drug-likeness (QED) is 0.688. The van der Waals surface area contributed by atoms with Crippen LogP contribution < -0.4 is 0 Å². The molecular weight excluding hydrogens is 390 g/mol. The van der Waals surface area contributed by atoms with Crippen molar-refractivity contribution in [2.24, 2.45) is 0 Å². The van der Waals surface area contributed by atoms with E-state index in [9.17, 15) is 4.79 Å². The largest absolute Gasteiger partial charge is 0.459 e. The fourth-order valence-electron chi connectivity index (χ4n) is 4.94. The minimum absolute atomic E-state index is 0.00881. The summed E-state index contributed by atoms with van der Waals surface area (Å²) in [6.07, 6.45) is -0.0438. The number of ether oxygens (including phenoxy) is 5. The van der Waals surface area contributed by atoms with E-state index in [1.165, 1.54) is 0 Å². The standard InChI is InChI=1S/C22H29NO7/c1-21(2)26-12-16(27-21)17-19-18(28-22(3,4)29-19)15-10-14(30-23(15)17)11-25-20(24)13-8-6-5-7-9-13/h5-9,14-19H,10-12H2,1-4H3/t14-,15-,16+,17+,18-,19+/m0/s1. The summed E-state index contributed by atoms with van der Waals surface area (Å²) in [4.78, 5) is 18.5. The van der Waals surface area contributed by atoms with E-state index < -0.39 is 11.6 Å². The molecule has 4 aliphatic rings. The third kappa shape index (κ3) is 3.66. The van der Waals surface area contributed by atoms with Gasteiger partial charge in [0.05, 0.1) is 24.3 Å². The number of hydrogen-bond acceptors (Lipinski definition) is 8. The van der Waals surface area contributed by atoms with Gasteiger partial charge >= 0.3 is 5.97 Å². The Bertz CT molecular complexity index is 798. The first kappa shape index (κ1) is 20.4. The molecule has 4 fully saturated rings. The molecule has 1 aromatic rings. The van der Waals surface area contributed by atoms with Gasteiger partial charge in [-0.3, -0.25) is 4.84 Å². The maximum atomic E-state index is 12.3. The van der Waals surface area contributed by atoms with Crippen LogP contribution in [0.5, 0.6) is 0 Å². The average molecular weight is 419 g/mol. The summed E-state index contributed by atoms with van der Waals surface area (Å²) in [7, 11) is 0. The van der Waals surface area contributed by atoms with Crippen LogP contribution >= 0.6 is 0 Å². The first-order valence-corrected chi connectivity index (χ1v) is 10.6. The molecule has 0 aromatic heterocycles. The molecule has 5 rings (SSSR count). The summed E-state index contributed by atoms with van der Waals surface area (Å²) in [5, 5.41) is 1.95. The van der Waals surface area contributed by atoms with Crippen molar-refractivity contribution in [3.05, 3.63) is 35.9 Å². The molecule has 1 aromatic carbocycles.